The predicted octanol–water partition coefficient (Wildman–Crippen LogP) is 0.299. The number of thiophene rings is 1. The fourth-order valence-electron chi connectivity index (χ4n) is 2.25. The Kier molecular flexibility index (Phi) is 3.54. The molecule has 1 aliphatic rings. The number of hydrogen-bond donors (Lipinski definition) is 1. The molecule has 0 bridgehead atoms. The molecular weight excluding hydrogens is 304 g/mol. The first-order chi connectivity index (χ1) is 10.5. The summed E-state index contributed by atoms with van der Waals surface area (Å²) in [6, 6.07) is 5.68. The van der Waals surface area contributed by atoms with Crippen LogP contribution in [-0.2, 0) is 11.3 Å². The molecule has 1 aliphatic carbocycles. The van der Waals surface area contributed by atoms with Gasteiger partial charge in [0.05, 0.1) is 6.07 Å². The van der Waals surface area contributed by atoms with E-state index in [-0.39, 0.29) is 12.5 Å². The van der Waals surface area contributed by atoms with Crippen molar-refractivity contribution in [3.8, 4) is 11.1 Å². The number of tetrazole rings is 1. The number of aromatic nitrogens is 4. The summed E-state index contributed by atoms with van der Waals surface area (Å²) in [4.78, 5) is 24.2. The summed E-state index contributed by atoms with van der Waals surface area (Å²) < 4.78 is 2.13. The Morgan fingerprint density at radius 1 is 1.59 bits per heavy atom. The van der Waals surface area contributed by atoms with Crippen molar-refractivity contribution in [3.05, 3.63) is 28.0 Å². The Morgan fingerprint density at radius 2 is 2.36 bits per heavy atom. The quantitative estimate of drug-likeness (QED) is 0.853. The van der Waals surface area contributed by atoms with Crippen LogP contribution >= 0.6 is 11.3 Å². The van der Waals surface area contributed by atoms with E-state index in [4.69, 9.17) is 0 Å². The number of carbonyl (C=O) groups excluding carboxylic acids is 1. The fourth-order valence-corrected chi connectivity index (χ4v) is 2.92. The van der Waals surface area contributed by atoms with Crippen LogP contribution in [-0.4, -0.2) is 31.2 Å². The molecule has 1 unspecified atom stereocenters. The minimum Gasteiger partial charge on any atom is -0.336 e. The van der Waals surface area contributed by atoms with Gasteiger partial charge in [0.1, 0.15) is 17.1 Å². The van der Waals surface area contributed by atoms with Crippen molar-refractivity contribution in [2.24, 2.45) is 5.92 Å². The molecule has 1 N–H and O–H groups in total. The van der Waals surface area contributed by atoms with E-state index < -0.39 is 17.1 Å². The van der Waals surface area contributed by atoms with Gasteiger partial charge in [0.15, 0.2) is 0 Å². The van der Waals surface area contributed by atoms with Gasteiger partial charge in [0, 0.05) is 0 Å². The highest BCUT2D eigenvalue weighted by Gasteiger charge is 2.43. The van der Waals surface area contributed by atoms with Crippen LogP contribution in [0.25, 0.3) is 5.00 Å². The molecule has 1 amide bonds. The molecule has 1 saturated carbocycles. The summed E-state index contributed by atoms with van der Waals surface area (Å²) in [5, 5.41) is 21.8. The molecule has 1 fully saturated rings. The Hall–Kier alpha value is -2.47. The van der Waals surface area contributed by atoms with Gasteiger partial charge in [0.2, 0.25) is 5.91 Å². The number of nitrogens with zero attached hydrogens (tertiary/aromatic N) is 5. The Labute approximate surface area is 130 Å². The minimum atomic E-state index is -0.884. The minimum absolute atomic E-state index is 0.181. The third-order valence-corrected chi connectivity index (χ3v) is 4.52. The second-order valence-electron chi connectivity index (χ2n) is 5.42. The van der Waals surface area contributed by atoms with Gasteiger partial charge >= 0.3 is 5.69 Å². The largest absolute Gasteiger partial charge is 0.369 e. The molecule has 2 aromatic rings. The number of carbonyl (C=O) groups is 1. The molecule has 8 nitrogen and oxygen atoms in total. The monoisotopic (exact) mass is 318 g/mol. The summed E-state index contributed by atoms with van der Waals surface area (Å²) in [6.45, 7) is 1.45. The maximum absolute atomic E-state index is 12.1. The van der Waals surface area contributed by atoms with Crippen LogP contribution in [0.2, 0.25) is 0 Å². The van der Waals surface area contributed by atoms with Gasteiger partial charge < -0.3 is 5.32 Å². The van der Waals surface area contributed by atoms with E-state index in [1.807, 2.05) is 5.38 Å². The van der Waals surface area contributed by atoms with E-state index in [9.17, 15) is 14.9 Å². The summed E-state index contributed by atoms with van der Waals surface area (Å²) in [6.07, 6.45) is 1.86. The second kappa shape index (κ2) is 5.38. The van der Waals surface area contributed by atoms with Crippen molar-refractivity contribution in [1.29, 1.82) is 5.26 Å². The Bertz CT molecular complexity index is 782. The first-order valence-corrected chi connectivity index (χ1v) is 7.70. The summed E-state index contributed by atoms with van der Waals surface area (Å²) in [5.41, 5.74) is -1.37. The molecule has 114 valence electrons. The first kappa shape index (κ1) is 14.5. The smallest absolute Gasteiger partial charge is 0.336 e. The number of nitriles is 1. The van der Waals surface area contributed by atoms with E-state index in [0.29, 0.717) is 5.00 Å². The van der Waals surface area contributed by atoms with E-state index in [2.05, 4.69) is 21.8 Å². The highest BCUT2D eigenvalue weighted by molar-refractivity contribution is 7.12. The summed E-state index contributed by atoms with van der Waals surface area (Å²) in [5.74, 6) is -0.240. The first-order valence-electron chi connectivity index (χ1n) is 6.82. The van der Waals surface area contributed by atoms with Crippen molar-refractivity contribution in [2.75, 3.05) is 0 Å². The van der Waals surface area contributed by atoms with Gasteiger partial charge in [-0.25, -0.2) is 4.79 Å². The lowest BCUT2D eigenvalue weighted by Gasteiger charge is -2.22. The van der Waals surface area contributed by atoms with Gasteiger partial charge in [-0.05, 0) is 53.6 Å². The highest BCUT2D eigenvalue weighted by atomic mass is 32.1. The molecule has 22 heavy (non-hydrogen) atoms. The van der Waals surface area contributed by atoms with Crippen LogP contribution in [0.1, 0.15) is 19.8 Å². The predicted molar refractivity (Wildman–Crippen MR) is 78.4 cm³/mol. The number of nitrogens with one attached hydrogen (secondary N) is 1. The van der Waals surface area contributed by atoms with E-state index in [0.717, 1.165) is 22.2 Å². The van der Waals surface area contributed by atoms with Crippen molar-refractivity contribution in [3.63, 3.8) is 0 Å². The third kappa shape index (κ3) is 2.65. The van der Waals surface area contributed by atoms with Crippen LogP contribution in [0.5, 0.6) is 0 Å². The molecule has 0 aliphatic heterocycles. The van der Waals surface area contributed by atoms with Crippen LogP contribution in [0.3, 0.4) is 0 Å². The lowest BCUT2D eigenvalue weighted by Crippen LogP contribution is -2.48. The third-order valence-electron chi connectivity index (χ3n) is 3.67. The SMILES string of the molecule is CC(C#N)(NC(=O)Cn1nnn(-c2cccs2)c1=O)C1CC1. The maximum Gasteiger partial charge on any atom is 0.369 e. The van der Waals surface area contributed by atoms with Crippen LogP contribution in [0.15, 0.2) is 22.3 Å². The molecule has 2 aromatic heterocycles. The fraction of sp³-hybridized carbons (Fsp3) is 0.462. The molecule has 0 saturated heterocycles. The lowest BCUT2D eigenvalue weighted by atomic mass is 9.98. The number of rotatable bonds is 5. The van der Waals surface area contributed by atoms with Gasteiger partial charge in [0.25, 0.3) is 0 Å². The van der Waals surface area contributed by atoms with Crippen LogP contribution < -0.4 is 11.0 Å². The Morgan fingerprint density at radius 3 is 2.95 bits per heavy atom. The van der Waals surface area contributed by atoms with E-state index in [1.165, 1.54) is 11.3 Å². The maximum atomic E-state index is 12.1. The van der Waals surface area contributed by atoms with E-state index in [1.54, 1.807) is 19.1 Å². The number of hydrogen-bond acceptors (Lipinski definition) is 6. The zero-order chi connectivity index (χ0) is 15.7. The standard InChI is InChI=1S/C13H14N6O2S/c1-13(8-14,9-4-5-9)15-10(20)7-18-12(21)19(17-16-18)11-3-2-6-22-11/h2-3,6,9H,4-5,7H2,1H3,(H,15,20). The average molecular weight is 318 g/mol. The zero-order valence-electron chi connectivity index (χ0n) is 11.9. The second-order valence-corrected chi connectivity index (χ2v) is 6.34. The molecule has 0 aromatic carbocycles. The number of amides is 1. The molecule has 0 radical (unpaired) electrons. The van der Waals surface area contributed by atoms with E-state index >= 15 is 0 Å². The van der Waals surface area contributed by atoms with Gasteiger partial charge in [-0.15, -0.1) is 11.3 Å². The van der Waals surface area contributed by atoms with Gasteiger partial charge in [-0.2, -0.15) is 14.6 Å². The lowest BCUT2D eigenvalue weighted by molar-refractivity contribution is -0.123. The molecule has 1 atom stereocenters. The summed E-state index contributed by atoms with van der Waals surface area (Å²) in [7, 11) is 0. The normalized spacial score (nSPS) is 16.7. The molecule has 9 heteroatoms. The molecular formula is C13H14N6O2S. The molecule has 2 heterocycles. The zero-order valence-corrected chi connectivity index (χ0v) is 12.7. The van der Waals surface area contributed by atoms with Crippen molar-refractivity contribution >= 4 is 17.2 Å². The van der Waals surface area contributed by atoms with Crippen molar-refractivity contribution in [1.82, 2.24) is 25.1 Å². The van der Waals surface area contributed by atoms with Crippen LogP contribution in [0.4, 0.5) is 0 Å². The average Bonchev–Trinajstić information content (AvgIpc) is 3.12. The molecule has 3 rings (SSSR count). The van der Waals surface area contributed by atoms with Crippen molar-refractivity contribution in [2.45, 2.75) is 31.8 Å². The van der Waals surface area contributed by atoms with Crippen molar-refractivity contribution < 1.29 is 4.79 Å². The molecule has 0 spiro atoms. The van der Waals surface area contributed by atoms with Gasteiger partial charge in [-0.3, -0.25) is 4.79 Å². The highest BCUT2D eigenvalue weighted by Crippen LogP contribution is 2.39. The van der Waals surface area contributed by atoms with Crippen LogP contribution in [0, 0.1) is 17.2 Å². The topological polar surface area (TPSA) is 106 Å². The summed E-state index contributed by atoms with van der Waals surface area (Å²) >= 11 is 1.35. The van der Waals surface area contributed by atoms with Gasteiger partial charge in [-0.1, -0.05) is 0 Å². The Balaban J connectivity index is 1.73.